The van der Waals surface area contributed by atoms with Gasteiger partial charge < -0.3 is 13.9 Å². The van der Waals surface area contributed by atoms with Gasteiger partial charge in [-0.1, -0.05) is 51.1 Å². The maximum absolute atomic E-state index is 12.0. The van der Waals surface area contributed by atoms with Crippen LogP contribution < -0.4 is 0 Å². The molecule has 1 aromatic rings. The van der Waals surface area contributed by atoms with Crippen LogP contribution >= 0.6 is 0 Å². The van der Waals surface area contributed by atoms with E-state index in [1.54, 1.807) is 12.2 Å². The lowest BCUT2D eigenvalue weighted by Gasteiger charge is -2.37. The fourth-order valence-corrected chi connectivity index (χ4v) is 3.03. The second-order valence-corrected chi connectivity index (χ2v) is 12.4. The van der Waals surface area contributed by atoms with Crippen molar-refractivity contribution in [1.29, 1.82) is 0 Å². The Labute approximate surface area is 145 Å². The smallest absolute Gasteiger partial charge is 0.192 e. The maximum Gasteiger partial charge on any atom is 0.192 e. The highest BCUT2D eigenvalue weighted by Gasteiger charge is 2.38. The van der Waals surface area contributed by atoms with Gasteiger partial charge in [0.05, 0.1) is 13.2 Å². The van der Waals surface area contributed by atoms with Crippen LogP contribution in [0.4, 0.5) is 0 Å². The molecule has 0 saturated heterocycles. The van der Waals surface area contributed by atoms with Crippen LogP contribution in [0.25, 0.3) is 0 Å². The number of carbonyl (C=O) groups excluding carboxylic acids is 1. The van der Waals surface area contributed by atoms with Gasteiger partial charge in [-0.2, -0.15) is 0 Å². The highest BCUT2D eigenvalue weighted by atomic mass is 28.4. The maximum atomic E-state index is 12.0. The Bertz CT molecular complexity index is 575. The van der Waals surface area contributed by atoms with Gasteiger partial charge in [0.1, 0.15) is 6.10 Å². The minimum atomic E-state index is -1.91. The van der Waals surface area contributed by atoms with E-state index in [0.29, 0.717) is 6.61 Å². The van der Waals surface area contributed by atoms with Crippen molar-refractivity contribution in [2.24, 2.45) is 0 Å². The minimum absolute atomic E-state index is 0.0618. The van der Waals surface area contributed by atoms with Gasteiger partial charge >= 0.3 is 0 Å². The topological polar surface area (TPSA) is 44.8 Å². The number of carbonyl (C=O) groups is 1. The van der Waals surface area contributed by atoms with Crippen molar-refractivity contribution in [1.82, 2.24) is 0 Å². The minimum Gasteiger partial charge on any atom is -0.414 e. The van der Waals surface area contributed by atoms with Crippen molar-refractivity contribution in [2.75, 3.05) is 6.61 Å². The van der Waals surface area contributed by atoms with Crippen LogP contribution in [-0.2, 0) is 25.3 Å². The fraction of sp³-hybridized carbons (Fsp3) is 0.526. The lowest BCUT2D eigenvalue weighted by molar-refractivity contribution is -0.171. The van der Waals surface area contributed by atoms with E-state index in [4.69, 9.17) is 13.9 Å². The number of ketones is 1. The van der Waals surface area contributed by atoms with Crippen molar-refractivity contribution in [3.05, 3.63) is 48.0 Å². The second kappa shape index (κ2) is 7.74. The number of rotatable bonds is 6. The molecule has 0 spiro atoms. The lowest BCUT2D eigenvalue weighted by Crippen LogP contribution is -2.45. The van der Waals surface area contributed by atoms with Crippen LogP contribution in [0, 0.1) is 0 Å². The van der Waals surface area contributed by atoms with Gasteiger partial charge in [0.2, 0.25) is 0 Å². The molecule has 2 rings (SSSR count). The third-order valence-corrected chi connectivity index (χ3v) is 9.19. The molecule has 0 saturated carbocycles. The summed E-state index contributed by atoms with van der Waals surface area (Å²) in [7, 11) is -1.91. The highest BCUT2D eigenvalue weighted by Crippen LogP contribution is 2.36. The first-order chi connectivity index (χ1) is 11.2. The Morgan fingerprint density at radius 1 is 1.17 bits per heavy atom. The van der Waals surface area contributed by atoms with Crippen LogP contribution in [0.2, 0.25) is 18.1 Å². The summed E-state index contributed by atoms with van der Waals surface area (Å²) in [5.41, 5.74) is 1.07. The van der Waals surface area contributed by atoms with Crippen molar-refractivity contribution in [3.8, 4) is 0 Å². The van der Waals surface area contributed by atoms with Crippen LogP contribution in [0.15, 0.2) is 42.5 Å². The summed E-state index contributed by atoms with van der Waals surface area (Å²) in [5.74, 6) is -0.0618. The van der Waals surface area contributed by atoms with Gasteiger partial charge in [0.25, 0.3) is 0 Å². The Kier molecular flexibility index (Phi) is 6.15. The molecule has 0 aromatic heterocycles. The van der Waals surface area contributed by atoms with Gasteiger partial charge in [0.15, 0.2) is 20.4 Å². The molecular weight excluding hydrogens is 320 g/mol. The molecule has 4 nitrogen and oxygen atoms in total. The average molecular weight is 349 g/mol. The zero-order valence-corrected chi connectivity index (χ0v) is 16.2. The molecule has 132 valence electrons. The summed E-state index contributed by atoms with van der Waals surface area (Å²) in [6.45, 7) is 11.6. The number of benzene rings is 1. The van der Waals surface area contributed by atoms with E-state index >= 15 is 0 Å². The third kappa shape index (κ3) is 5.11. The van der Waals surface area contributed by atoms with Crippen molar-refractivity contribution in [3.63, 3.8) is 0 Å². The van der Waals surface area contributed by atoms with Gasteiger partial charge in [-0.3, -0.25) is 4.79 Å². The molecule has 2 atom stereocenters. The Hall–Kier alpha value is -1.27. The van der Waals surface area contributed by atoms with Crippen LogP contribution in [0.5, 0.6) is 0 Å². The van der Waals surface area contributed by atoms with Crippen LogP contribution in [0.1, 0.15) is 26.3 Å². The molecule has 1 heterocycles. The normalized spacial score (nSPS) is 22.0. The molecule has 5 heteroatoms. The van der Waals surface area contributed by atoms with Gasteiger partial charge in [0, 0.05) is 0 Å². The molecule has 0 bridgehead atoms. The monoisotopic (exact) mass is 348 g/mol. The van der Waals surface area contributed by atoms with Crippen LogP contribution in [-0.4, -0.2) is 33.1 Å². The second-order valence-electron chi connectivity index (χ2n) is 7.62. The molecular formula is C19H28O4Si. The van der Waals surface area contributed by atoms with E-state index in [0.717, 1.165) is 5.56 Å². The largest absolute Gasteiger partial charge is 0.414 e. The SMILES string of the molecule is CC(C)(C)[Si](C)(C)OC[C@H]1O[C@H](OCc2ccccc2)C=CC1=O. The first-order valence-corrected chi connectivity index (χ1v) is 11.3. The van der Waals surface area contributed by atoms with E-state index in [-0.39, 0.29) is 17.4 Å². The molecule has 1 aliphatic rings. The first kappa shape index (κ1) is 19.1. The van der Waals surface area contributed by atoms with E-state index < -0.39 is 20.7 Å². The Morgan fingerprint density at radius 3 is 2.46 bits per heavy atom. The Morgan fingerprint density at radius 2 is 1.83 bits per heavy atom. The highest BCUT2D eigenvalue weighted by molar-refractivity contribution is 6.74. The van der Waals surface area contributed by atoms with Gasteiger partial charge in [-0.05, 0) is 35.8 Å². The zero-order chi connectivity index (χ0) is 17.8. The third-order valence-electron chi connectivity index (χ3n) is 4.69. The van der Waals surface area contributed by atoms with E-state index in [9.17, 15) is 4.79 Å². The first-order valence-electron chi connectivity index (χ1n) is 8.36. The lowest BCUT2D eigenvalue weighted by atomic mass is 10.2. The molecule has 0 radical (unpaired) electrons. The average Bonchev–Trinajstić information content (AvgIpc) is 2.53. The number of hydrogen-bond donors (Lipinski definition) is 0. The summed E-state index contributed by atoms with van der Waals surface area (Å²) in [6.07, 6.45) is 2.09. The summed E-state index contributed by atoms with van der Waals surface area (Å²) in [6, 6.07) is 9.89. The molecule has 24 heavy (non-hydrogen) atoms. The summed E-state index contributed by atoms with van der Waals surface area (Å²) >= 11 is 0. The molecule has 0 N–H and O–H groups in total. The quantitative estimate of drug-likeness (QED) is 0.727. The van der Waals surface area contributed by atoms with E-state index in [1.807, 2.05) is 30.3 Å². The summed E-state index contributed by atoms with van der Waals surface area (Å²) in [4.78, 5) is 12.0. The molecule has 1 aromatic carbocycles. The molecule has 0 amide bonds. The fourth-order valence-electron chi connectivity index (χ4n) is 2.02. The standard InChI is InChI=1S/C19H28O4Si/c1-19(2,3)24(4,5)22-14-17-16(20)11-12-18(23-17)21-13-15-9-7-6-8-10-15/h6-12,17-18H,13-14H2,1-5H3/t17-,18+/m1/s1. The van der Waals surface area contributed by atoms with E-state index in [2.05, 4.69) is 33.9 Å². The van der Waals surface area contributed by atoms with Crippen molar-refractivity contribution in [2.45, 2.75) is 57.9 Å². The van der Waals surface area contributed by atoms with Crippen molar-refractivity contribution >= 4 is 14.1 Å². The van der Waals surface area contributed by atoms with Crippen LogP contribution in [0.3, 0.4) is 0 Å². The number of hydrogen-bond acceptors (Lipinski definition) is 4. The molecule has 0 unspecified atom stereocenters. The zero-order valence-electron chi connectivity index (χ0n) is 15.2. The summed E-state index contributed by atoms with van der Waals surface area (Å²) in [5, 5.41) is 0.101. The predicted molar refractivity (Wildman–Crippen MR) is 97.2 cm³/mol. The van der Waals surface area contributed by atoms with Crippen molar-refractivity contribution < 1.29 is 18.7 Å². The summed E-state index contributed by atoms with van der Waals surface area (Å²) < 4.78 is 17.6. The van der Waals surface area contributed by atoms with Gasteiger partial charge in [-0.15, -0.1) is 0 Å². The molecule has 0 fully saturated rings. The predicted octanol–water partition coefficient (Wildman–Crippen LogP) is 4.08. The molecule has 1 aliphatic heterocycles. The number of ether oxygens (including phenoxy) is 2. The van der Waals surface area contributed by atoms with E-state index in [1.165, 1.54) is 0 Å². The molecule has 0 aliphatic carbocycles. The Balaban J connectivity index is 1.88. The van der Waals surface area contributed by atoms with Gasteiger partial charge in [-0.25, -0.2) is 0 Å².